The van der Waals surface area contributed by atoms with Gasteiger partial charge < -0.3 is 9.13 Å². The average Bonchev–Trinajstić information content (AvgIpc) is 2.93. The quantitative estimate of drug-likeness (QED) is 0.789. The topological polar surface area (TPSA) is 55.6 Å². The number of pyridine rings is 1. The van der Waals surface area contributed by atoms with Crippen molar-refractivity contribution < 1.29 is 0 Å². The first-order valence-electron chi connectivity index (χ1n) is 5.93. The molecular weight excluding hydrogens is 248 g/mol. The van der Waals surface area contributed by atoms with Gasteiger partial charge in [0.15, 0.2) is 10.6 Å². The highest BCUT2D eigenvalue weighted by Crippen LogP contribution is 2.23. The second kappa shape index (κ2) is 3.91. The minimum absolute atomic E-state index is 0.00671. The Hall–Kier alpha value is -1.69. The van der Waals surface area contributed by atoms with E-state index in [1.165, 1.54) is 5.56 Å². The van der Waals surface area contributed by atoms with Crippen LogP contribution in [0.4, 0.5) is 0 Å². The Balaban J connectivity index is 2.32. The lowest BCUT2D eigenvalue weighted by molar-refractivity contribution is 0.777. The van der Waals surface area contributed by atoms with Gasteiger partial charge in [-0.05, 0) is 43.1 Å². The van der Waals surface area contributed by atoms with Crippen molar-refractivity contribution in [2.45, 2.75) is 19.3 Å². The molecule has 0 saturated heterocycles. The third-order valence-electron chi connectivity index (χ3n) is 3.61. The molecule has 18 heavy (non-hydrogen) atoms. The standard InChI is InChI=1S/C12H14N4OS/c1-15-9-5-3-4-7(9)6-8(11(15)17)10-13-14-12(18)16(10)2/h6H,3-5H2,1-2H3,(H,14,18). The fourth-order valence-corrected chi connectivity index (χ4v) is 2.71. The van der Waals surface area contributed by atoms with Crippen molar-refractivity contribution in [2.75, 3.05) is 0 Å². The molecule has 3 rings (SSSR count). The van der Waals surface area contributed by atoms with Crippen LogP contribution < -0.4 is 5.56 Å². The molecule has 5 nitrogen and oxygen atoms in total. The summed E-state index contributed by atoms with van der Waals surface area (Å²) < 4.78 is 4.00. The van der Waals surface area contributed by atoms with Crippen molar-refractivity contribution in [3.05, 3.63) is 32.4 Å². The van der Waals surface area contributed by atoms with Gasteiger partial charge in [0, 0.05) is 19.8 Å². The van der Waals surface area contributed by atoms with Gasteiger partial charge in [-0.2, -0.15) is 5.10 Å². The number of H-pyrrole nitrogens is 1. The number of rotatable bonds is 1. The molecule has 0 atom stereocenters. The molecule has 2 aromatic rings. The molecule has 0 fully saturated rings. The Labute approximate surface area is 109 Å². The molecule has 0 spiro atoms. The predicted octanol–water partition coefficient (Wildman–Crippen LogP) is 1.33. The zero-order valence-electron chi connectivity index (χ0n) is 10.4. The molecule has 1 aliphatic rings. The summed E-state index contributed by atoms with van der Waals surface area (Å²) in [6.07, 6.45) is 3.14. The summed E-state index contributed by atoms with van der Waals surface area (Å²) >= 11 is 5.09. The van der Waals surface area contributed by atoms with Crippen LogP contribution >= 0.6 is 12.2 Å². The van der Waals surface area contributed by atoms with Crippen LogP contribution in [0, 0.1) is 4.77 Å². The number of fused-ring (bicyclic) bond motifs is 1. The van der Waals surface area contributed by atoms with Crippen LogP contribution in [0.5, 0.6) is 0 Å². The molecule has 6 heteroatoms. The lowest BCUT2D eigenvalue weighted by Crippen LogP contribution is -2.23. The van der Waals surface area contributed by atoms with Gasteiger partial charge in [0.25, 0.3) is 5.56 Å². The van der Waals surface area contributed by atoms with E-state index >= 15 is 0 Å². The normalized spacial score (nSPS) is 13.9. The maximum absolute atomic E-state index is 12.4. The van der Waals surface area contributed by atoms with E-state index in [9.17, 15) is 4.79 Å². The van der Waals surface area contributed by atoms with Crippen molar-refractivity contribution in [3.8, 4) is 11.4 Å². The number of nitrogens with one attached hydrogen (secondary N) is 1. The molecule has 94 valence electrons. The highest BCUT2D eigenvalue weighted by molar-refractivity contribution is 7.71. The van der Waals surface area contributed by atoms with Crippen molar-refractivity contribution >= 4 is 12.2 Å². The summed E-state index contributed by atoms with van der Waals surface area (Å²) in [5.74, 6) is 0.607. The molecule has 0 saturated carbocycles. The second-order valence-electron chi connectivity index (χ2n) is 4.66. The van der Waals surface area contributed by atoms with E-state index in [1.54, 1.807) is 9.13 Å². The number of hydrogen-bond donors (Lipinski definition) is 1. The zero-order valence-corrected chi connectivity index (χ0v) is 11.2. The molecule has 1 N–H and O–H groups in total. The Bertz CT molecular complexity index is 738. The van der Waals surface area contributed by atoms with E-state index in [-0.39, 0.29) is 5.56 Å². The Morgan fingerprint density at radius 2 is 2.11 bits per heavy atom. The van der Waals surface area contributed by atoms with Crippen LogP contribution in [-0.2, 0) is 26.9 Å². The van der Waals surface area contributed by atoms with Crippen molar-refractivity contribution in [1.29, 1.82) is 0 Å². The first-order chi connectivity index (χ1) is 8.59. The fourth-order valence-electron chi connectivity index (χ4n) is 2.58. The van der Waals surface area contributed by atoms with Crippen LogP contribution in [0.2, 0.25) is 0 Å². The van der Waals surface area contributed by atoms with Crippen LogP contribution in [0.25, 0.3) is 11.4 Å². The Kier molecular flexibility index (Phi) is 2.48. The SMILES string of the molecule is Cn1c(-c2cc3c(n(C)c2=O)CCC3)n[nH]c1=S. The van der Waals surface area contributed by atoms with Gasteiger partial charge in [-0.25, -0.2) is 0 Å². The molecule has 0 aliphatic heterocycles. The van der Waals surface area contributed by atoms with Gasteiger partial charge in [0.05, 0.1) is 5.56 Å². The number of hydrogen-bond acceptors (Lipinski definition) is 3. The van der Waals surface area contributed by atoms with Gasteiger partial charge in [-0.1, -0.05) is 0 Å². The maximum atomic E-state index is 12.4. The Morgan fingerprint density at radius 1 is 1.33 bits per heavy atom. The van der Waals surface area contributed by atoms with Crippen molar-refractivity contribution in [2.24, 2.45) is 14.1 Å². The van der Waals surface area contributed by atoms with E-state index in [4.69, 9.17) is 12.2 Å². The zero-order chi connectivity index (χ0) is 12.9. The molecule has 2 aromatic heterocycles. The van der Waals surface area contributed by atoms with Crippen LogP contribution in [-0.4, -0.2) is 19.3 Å². The highest BCUT2D eigenvalue weighted by atomic mass is 32.1. The van der Waals surface area contributed by atoms with E-state index in [1.807, 2.05) is 20.2 Å². The number of aromatic nitrogens is 4. The third-order valence-corrected chi connectivity index (χ3v) is 3.97. The lowest BCUT2D eigenvalue weighted by Gasteiger charge is -2.09. The van der Waals surface area contributed by atoms with E-state index in [0.717, 1.165) is 25.0 Å². The lowest BCUT2D eigenvalue weighted by atomic mass is 10.1. The van der Waals surface area contributed by atoms with Gasteiger partial charge in [-0.3, -0.25) is 9.89 Å². The van der Waals surface area contributed by atoms with Crippen LogP contribution in [0.15, 0.2) is 10.9 Å². The fraction of sp³-hybridized carbons (Fsp3) is 0.417. The molecule has 0 bridgehead atoms. The van der Waals surface area contributed by atoms with Gasteiger partial charge in [0.1, 0.15) is 0 Å². The first-order valence-corrected chi connectivity index (χ1v) is 6.34. The van der Waals surface area contributed by atoms with E-state index in [2.05, 4.69) is 10.2 Å². The highest BCUT2D eigenvalue weighted by Gasteiger charge is 2.19. The molecule has 0 unspecified atom stereocenters. The first kappa shape index (κ1) is 11.4. The smallest absolute Gasteiger partial charge is 0.261 e. The van der Waals surface area contributed by atoms with Crippen molar-refractivity contribution in [3.63, 3.8) is 0 Å². The van der Waals surface area contributed by atoms with Crippen LogP contribution in [0.3, 0.4) is 0 Å². The largest absolute Gasteiger partial charge is 0.315 e. The van der Waals surface area contributed by atoms with Gasteiger partial charge >= 0.3 is 0 Å². The molecule has 0 aromatic carbocycles. The maximum Gasteiger partial charge on any atom is 0.261 e. The minimum atomic E-state index is -0.00671. The second-order valence-corrected chi connectivity index (χ2v) is 5.05. The number of aryl methyl sites for hydroxylation is 1. The summed E-state index contributed by atoms with van der Waals surface area (Å²) in [7, 11) is 3.64. The number of nitrogens with zero attached hydrogens (tertiary/aromatic N) is 3. The Morgan fingerprint density at radius 3 is 2.78 bits per heavy atom. The monoisotopic (exact) mass is 262 g/mol. The molecule has 0 amide bonds. The van der Waals surface area contributed by atoms with Gasteiger partial charge in [0.2, 0.25) is 0 Å². The third kappa shape index (κ3) is 1.49. The summed E-state index contributed by atoms with van der Waals surface area (Å²) in [6, 6.07) is 1.97. The molecule has 2 heterocycles. The van der Waals surface area contributed by atoms with Crippen molar-refractivity contribution in [1.82, 2.24) is 19.3 Å². The minimum Gasteiger partial charge on any atom is -0.315 e. The number of aromatic amines is 1. The van der Waals surface area contributed by atoms with Crippen LogP contribution in [0.1, 0.15) is 17.7 Å². The molecule has 0 radical (unpaired) electrons. The molecule has 1 aliphatic carbocycles. The summed E-state index contributed by atoms with van der Waals surface area (Å²) in [6.45, 7) is 0. The van der Waals surface area contributed by atoms with E-state index in [0.29, 0.717) is 16.2 Å². The average molecular weight is 262 g/mol. The summed E-state index contributed by atoms with van der Waals surface area (Å²) in [5, 5.41) is 6.86. The predicted molar refractivity (Wildman–Crippen MR) is 71.1 cm³/mol. The molecular formula is C12H14N4OS. The summed E-state index contributed by atoms with van der Waals surface area (Å²) in [5.41, 5.74) is 3.02. The summed E-state index contributed by atoms with van der Waals surface area (Å²) in [4.78, 5) is 12.4. The van der Waals surface area contributed by atoms with E-state index < -0.39 is 0 Å². The van der Waals surface area contributed by atoms with Gasteiger partial charge in [-0.15, -0.1) is 0 Å².